The van der Waals surface area contributed by atoms with Crippen LogP contribution in [-0.4, -0.2) is 19.6 Å². The van der Waals surface area contributed by atoms with Crippen LogP contribution in [0.15, 0.2) is 24.7 Å². The molecule has 7 heteroatoms. The summed E-state index contributed by atoms with van der Waals surface area (Å²) < 4.78 is 27.2. The van der Waals surface area contributed by atoms with Crippen molar-refractivity contribution in [1.82, 2.24) is 24.9 Å². The van der Waals surface area contributed by atoms with Crippen LogP contribution in [0.25, 0.3) is 0 Å². The van der Waals surface area contributed by atoms with Gasteiger partial charge in [-0.25, -0.2) is 4.68 Å². The van der Waals surface area contributed by atoms with Crippen molar-refractivity contribution in [3.05, 3.63) is 35.9 Å². The summed E-state index contributed by atoms with van der Waals surface area (Å²) in [5, 5.41) is 11.2. The van der Waals surface area contributed by atoms with Crippen molar-refractivity contribution in [3.8, 4) is 0 Å². The molecule has 2 aromatic heterocycles. The van der Waals surface area contributed by atoms with Gasteiger partial charge in [-0.3, -0.25) is 4.68 Å². The fraction of sp³-hybridized carbons (Fsp3) is 0.538. The molecule has 0 unspecified atom stereocenters. The van der Waals surface area contributed by atoms with Gasteiger partial charge in [-0.15, -0.1) is 0 Å². The molecule has 0 spiro atoms. The molecule has 0 aliphatic heterocycles. The van der Waals surface area contributed by atoms with E-state index in [1.165, 1.54) is 6.20 Å². The minimum Gasteiger partial charge on any atom is -0.307 e. The summed E-state index contributed by atoms with van der Waals surface area (Å²) in [5.74, 6) is 0.550. The quantitative estimate of drug-likeness (QED) is 0.849. The highest BCUT2D eigenvalue weighted by Gasteiger charge is 2.07. The Bertz CT molecular complexity index is 532. The second-order valence-electron chi connectivity index (χ2n) is 5.13. The Hall–Kier alpha value is -1.76. The van der Waals surface area contributed by atoms with Crippen LogP contribution in [0.3, 0.4) is 0 Å². The molecular weight excluding hydrogens is 264 g/mol. The zero-order chi connectivity index (χ0) is 14.5. The van der Waals surface area contributed by atoms with E-state index in [1.54, 1.807) is 6.07 Å². The second-order valence-corrected chi connectivity index (χ2v) is 5.13. The average Bonchev–Trinajstić information content (AvgIpc) is 2.98. The van der Waals surface area contributed by atoms with E-state index in [-0.39, 0.29) is 0 Å². The van der Waals surface area contributed by atoms with E-state index < -0.39 is 6.55 Å². The maximum absolute atomic E-state index is 12.3. The number of alkyl halides is 2. The summed E-state index contributed by atoms with van der Waals surface area (Å²) in [4.78, 5) is 0. The van der Waals surface area contributed by atoms with Gasteiger partial charge >= 0.3 is 6.55 Å². The van der Waals surface area contributed by atoms with Gasteiger partial charge in [0.15, 0.2) is 0 Å². The molecule has 1 N–H and O–H groups in total. The molecular formula is C13H19F2N5. The largest absolute Gasteiger partial charge is 0.333 e. The van der Waals surface area contributed by atoms with E-state index in [0.717, 1.165) is 12.1 Å². The van der Waals surface area contributed by atoms with Gasteiger partial charge in [0.25, 0.3) is 0 Å². The van der Waals surface area contributed by atoms with Gasteiger partial charge in [-0.2, -0.15) is 19.0 Å². The predicted molar refractivity (Wildman–Crippen MR) is 71.1 cm³/mol. The number of aromatic nitrogens is 4. The third-order valence-electron chi connectivity index (χ3n) is 2.74. The zero-order valence-electron chi connectivity index (χ0n) is 11.6. The average molecular weight is 283 g/mol. The highest BCUT2D eigenvalue weighted by molar-refractivity contribution is 5.04. The first-order chi connectivity index (χ1) is 9.54. The minimum absolute atomic E-state index is 0.453. The monoisotopic (exact) mass is 283 g/mol. The fourth-order valence-corrected chi connectivity index (χ4v) is 1.89. The topological polar surface area (TPSA) is 47.7 Å². The molecule has 0 radical (unpaired) electrons. The smallest absolute Gasteiger partial charge is 0.307 e. The normalized spacial score (nSPS) is 11.7. The van der Waals surface area contributed by atoms with Crippen LogP contribution in [0.5, 0.6) is 0 Å². The highest BCUT2D eigenvalue weighted by atomic mass is 19.3. The summed E-state index contributed by atoms with van der Waals surface area (Å²) in [6.07, 6.45) is 5.08. The lowest BCUT2D eigenvalue weighted by Gasteiger charge is -2.03. The molecule has 2 rings (SSSR count). The lowest BCUT2D eigenvalue weighted by molar-refractivity contribution is 0.0561. The first-order valence-corrected chi connectivity index (χ1v) is 6.59. The number of halogens is 2. The van der Waals surface area contributed by atoms with Gasteiger partial charge < -0.3 is 5.32 Å². The van der Waals surface area contributed by atoms with Crippen LogP contribution in [0.4, 0.5) is 8.78 Å². The predicted octanol–water partition coefficient (Wildman–Crippen LogP) is 2.42. The van der Waals surface area contributed by atoms with E-state index >= 15 is 0 Å². The summed E-state index contributed by atoms with van der Waals surface area (Å²) >= 11 is 0. The lowest BCUT2D eigenvalue weighted by Crippen LogP contribution is -2.13. The van der Waals surface area contributed by atoms with Crippen molar-refractivity contribution in [2.24, 2.45) is 5.92 Å². The minimum atomic E-state index is -2.59. The molecule has 0 aliphatic carbocycles. The fourth-order valence-electron chi connectivity index (χ4n) is 1.89. The Balaban J connectivity index is 1.78. The molecule has 0 atom stereocenters. The van der Waals surface area contributed by atoms with Crippen molar-refractivity contribution in [1.29, 1.82) is 0 Å². The number of rotatable bonds is 7. The first-order valence-electron chi connectivity index (χ1n) is 6.59. The van der Waals surface area contributed by atoms with Crippen molar-refractivity contribution < 1.29 is 8.78 Å². The third-order valence-corrected chi connectivity index (χ3v) is 2.74. The van der Waals surface area contributed by atoms with Gasteiger partial charge in [0.2, 0.25) is 0 Å². The lowest BCUT2D eigenvalue weighted by atomic mass is 10.2. The Labute approximate surface area is 116 Å². The van der Waals surface area contributed by atoms with Crippen LogP contribution in [0, 0.1) is 5.92 Å². The van der Waals surface area contributed by atoms with Crippen molar-refractivity contribution in [2.45, 2.75) is 40.0 Å². The van der Waals surface area contributed by atoms with Gasteiger partial charge in [-0.1, -0.05) is 13.8 Å². The van der Waals surface area contributed by atoms with E-state index in [1.807, 2.05) is 17.1 Å². The zero-order valence-corrected chi connectivity index (χ0v) is 11.6. The summed E-state index contributed by atoms with van der Waals surface area (Å²) in [7, 11) is 0. The molecule has 110 valence electrons. The molecule has 0 aliphatic rings. The third kappa shape index (κ3) is 4.12. The van der Waals surface area contributed by atoms with Crippen LogP contribution in [0.1, 0.15) is 31.7 Å². The second kappa shape index (κ2) is 6.60. The molecule has 0 amide bonds. The van der Waals surface area contributed by atoms with E-state index in [4.69, 9.17) is 0 Å². The van der Waals surface area contributed by atoms with Crippen LogP contribution >= 0.6 is 0 Å². The van der Waals surface area contributed by atoms with E-state index in [2.05, 4.69) is 29.4 Å². The van der Waals surface area contributed by atoms with E-state index in [9.17, 15) is 8.78 Å². The highest BCUT2D eigenvalue weighted by Crippen LogP contribution is 2.08. The van der Waals surface area contributed by atoms with Gasteiger partial charge in [0.1, 0.15) is 0 Å². The van der Waals surface area contributed by atoms with Gasteiger partial charge in [0, 0.05) is 37.6 Å². The molecule has 0 fully saturated rings. The van der Waals surface area contributed by atoms with Crippen LogP contribution in [-0.2, 0) is 19.6 Å². The molecule has 0 saturated heterocycles. The van der Waals surface area contributed by atoms with Crippen molar-refractivity contribution >= 4 is 0 Å². The maximum atomic E-state index is 12.3. The molecule has 5 nitrogen and oxygen atoms in total. The standard InChI is InChI=1S/C13H19F2N5/c1-10(2)8-19-9-11(6-17-19)5-16-7-12-3-4-20(18-12)13(14)15/h3-4,6,9-10,13,16H,5,7-8H2,1-2H3. The Morgan fingerprint density at radius 2 is 2.10 bits per heavy atom. The Morgan fingerprint density at radius 1 is 1.30 bits per heavy atom. The molecule has 0 saturated carbocycles. The number of nitrogens with zero attached hydrogens (tertiary/aromatic N) is 4. The summed E-state index contributed by atoms with van der Waals surface area (Å²) in [5.41, 5.74) is 1.67. The van der Waals surface area contributed by atoms with Crippen molar-refractivity contribution in [2.75, 3.05) is 0 Å². The van der Waals surface area contributed by atoms with Gasteiger partial charge in [-0.05, 0) is 12.0 Å². The Morgan fingerprint density at radius 3 is 2.75 bits per heavy atom. The van der Waals surface area contributed by atoms with Crippen LogP contribution < -0.4 is 5.32 Å². The maximum Gasteiger partial charge on any atom is 0.333 e. The number of hydrogen-bond donors (Lipinski definition) is 1. The molecule has 2 aromatic rings. The summed E-state index contributed by atoms with van der Waals surface area (Å²) in [6.45, 7) is 3.67. The summed E-state index contributed by atoms with van der Waals surface area (Å²) in [6, 6.07) is 1.58. The molecule has 0 bridgehead atoms. The SMILES string of the molecule is CC(C)Cn1cc(CNCc2ccn(C(F)F)n2)cn1. The molecule has 0 aromatic carbocycles. The number of hydrogen-bond acceptors (Lipinski definition) is 3. The van der Waals surface area contributed by atoms with E-state index in [0.29, 0.717) is 29.4 Å². The van der Waals surface area contributed by atoms with Crippen molar-refractivity contribution in [3.63, 3.8) is 0 Å². The molecule has 20 heavy (non-hydrogen) atoms. The van der Waals surface area contributed by atoms with Crippen LogP contribution in [0.2, 0.25) is 0 Å². The first kappa shape index (κ1) is 14.6. The number of nitrogens with one attached hydrogen (secondary N) is 1. The van der Waals surface area contributed by atoms with Gasteiger partial charge in [0.05, 0.1) is 11.9 Å². The Kier molecular flexibility index (Phi) is 4.84. The molecule has 2 heterocycles.